The summed E-state index contributed by atoms with van der Waals surface area (Å²) in [4.78, 5) is 14.0. The summed E-state index contributed by atoms with van der Waals surface area (Å²) < 4.78 is 10.5. The SMILES string of the molecule is COCCN(CCBr)C(=O)C1OCCC1C. The summed E-state index contributed by atoms with van der Waals surface area (Å²) in [5.74, 6) is 0.425. The van der Waals surface area contributed by atoms with E-state index in [2.05, 4.69) is 22.9 Å². The molecule has 0 aromatic carbocycles. The zero-order valence-electron chi connectivity index (χ0n) is 9.95. The fourth-order valence-corrected chi connectivity index (χ4v) is 2.25. The van der Waals surface area contributed by atoms with Gasteiger partial charge in [0.2, 0.25) is 0 Å². The number of halogens is 1. The number of hydrogen-bond acceptors (Lipinski definition) is 3. The van der Waals surface area contributed by atoms with Gasteiger partial charge in [0.25, 0.3) is 5.91 Å². The van der Waals surface area contributed by atoms with Gasteiger partial charge in [-0.25, -0.2) is 0 Å². The average molecular weight is 294 g/mol. The number of carbonyl (C=O) groups excluding carboxylic acids is 1. The Morgan fingerprint density at radius 2 is 2.31 bits per heavy atom. The third-order valence-corrected chi connectivity index (χ3v) is 3.22. The van der Waals surface area contributed by atoms with Crippen LogP contribution in [0, 0.1) is 5.92 Å². The maximum Gasteiger partial charge on any atom is 0.252 e. The summed E-state index contributed by atoms with van der Waals surface area (Å²) in [6.45, 7) is 4.67. The second-order valence-corrected chi connectivity index (χ2v) is 4.86. The monoisotopic (exact) mass is 293 g/mol. The molecule has 4 nitrogen and oxygen atoms in total. The van der Waals surface area contributed by atoms with Crippen LogP contribution in [0.5, 0.6) is 0 Å². The molecule has 1 rings (SSSR count). The predicted octanol–water partition coefficient (Wildman–Crippen LogP) is 1.28. The molecule has 0 bridgehead atoms. The van der Waals surface area contributed by atoms with Gasteiger partial charge in [-0.3, -0.25) is 4.79 Å². The molecule has 16 heavy (non-hydrogen) atoms. The molecule has 1 heterocycles. The van der Waals surface area contributed by atoms with Crippen LogP contribution in [-0.4, -0.2) is 55.7 Å². The highest BCUT2D eigenvalue weighted by Crippen LogP contribution is 2.21. The number of nitrogens with zero attached hydrogens (tertiary/aromatic N) is 1. The van der Waals surface area contributed by atoms with E-state index in [1.165, 1.54) is 0 Å². The molecule has 2 atom stereocenters. The number of amides is 1. The Balaban J connectivity index is 2.51. The van der Waals surface area contributed by atoms with Crippen molar-refractivity contribution in [2.45, 2.75) is 19.4 Å². The quantitative estimate of drug-likeness (QED) is 0.693. The van der Waals surface area contributed by atoms with E-state index in [1.807, 2.05) is 4.90 Å². The number of methoxy groups -OCH3 is 1. The van der Waals surface area contributed by atoms with Gasteiger partial charge in [0.05, 0.1) is 6.61 Å². The van der Waals surface area contributed by atoms with Crippen molar-refractivity contribution in [3.8, 4) is 0 Å². The number of rotatable bonds is 6. The molecule has 0 N–H and O–H groups in total. The molecule has 1 saturated heterocycles. The van der Waals surface area contributed by atoms with Crippen LogP contribution in [0.4, 0.5) is 0 Å². The minimum Gasteiger partial charge on any atom is -0.383 e. The van der Waals surface area contributed by atoms with E-state index in [0.717, 1.165) is 11.8 Å². The van der Waals surface area contributed by atoms with Crippen LogP contribution in [0.1, 0.15) is 13.3 Å². The average Bonchev–Trinajstić information content (AvgIpc) is 2.69. The van der Waals surface area contributed by atoms with Crippen LogP contribution in [0.3, 0.4) is 0 Å². The van der Waals surface area contributed by atoms with Gasteiger partial charge >= 0.3 is 0 Å². The lowest BCUT2D eigenvalue weighted by Crippen LogP contribution is -2.43. The first kappa shape index (κ1) is 13.9. The highest BCUT2D eigenvalue weighted by atomic mass is 79.9. The molecule has 0 saturated carbocycles. The summed E-state index contributed by atoms with van der Waals surface area (Å²) in [6, 6.07) is 0. The molecule has 1 fully saturated rings. The minimum atomic E-state index is -0.254. The van der Waals surface area contributed by atoms with Gasteiger partial charge < -0.3 is 14.4 Å². The maximum absolute atomic E-state index is 12.2. The van der Waals surface area contributed by atoms with Crippen molar-refractivity contribution in [3.63, 3.8) is 0 Å². The Kier molecular flexibility index (Phi) is 6.31. The van der Waals surface area contributed by atoms with E-state index in [9.17, 15) is 4.79 Å². The second kappa shape index (κ2) is 7.25. The summed E-state index contributed by atoms with van der Waals surface area (Å²) in [6.07, 6.45) is 0.721. The van der Waals surface area contributed by atoms with Gasteiger partial charge in [-0.15, -0.1) is 0 Å². The molecule has 0 spiro atoms. The van der Waals surface area contributed by atoms with E-state index in [1.54, 1.807) is 7.11 Å². The van der Waals surface area contributed by atoms with Gasteiger partial charge in [-0.05, 0) is 12.3 Å². The summed E-state index contributed by atoms with van der Waals surface area (Å²) in [7, 11) is 1.64. The Morgan fingerprint density at radius 1 is 1.56 bits per heavy atom. The van der Waals surface area contributed by atoms with Crippen molar-refractivity contribution in [1.29, 1.82) is 0 Å². The third kappa shape index (κ3) is 3.71. The minimum absolute atomic E-state index is 0.0986. The molecule has 1 aliphatic rings. The first-order chi connectivity index (χ1) is 7.70. The lowest BCUT2D eigenvalue weighted by molar-refractivity contribution is -0.142. The molecule has 0 radical (unpaired) electrons. The van der Waals surface area contributed by atoms with E-state index in [4.69, 9.17) is 9.47 Å². The van der Waals surface area contributed by atoms with Gasteiger partial charge in [0.1, 0.15) is 6.10 Å². The molecule has 94 valence electrons. The topological polar surface area (TPSA) is 38.8 Å². The van der Waals surface area contributed by atoms with Crippen LogP contribution >= 0.6 is 15.9 Å². The molecule has 0 aromatic heterocycles. The van der Waals surface area contributed by atoms with Crippen molar-refractivity contribution in [2.75, 3.05) is 38.7 Å². The molecular formula is C11H20BrNO3. The van der Waals surface area contributed by atoms with Gasteiger partial charge in [0.15, 0.2) is 0 Å². The molecule has 0 aromatic rings. The first-order valence-corrected chi connectivity index (χ1v) is 6.78. The first-order valence-electron chi connectivity index (χ1n) is 5.66. The second-order valence-electron chi connectivity index (χ2n) is 4.06. The van der Waals surface area contributed by atoms with Crippen molar-refractivity contribution < 1.29 is 14.3 Å². The van der Waals surface area contributed by atoms with E-state index >= 15 is 0 Å². The van der Waals surface area contributed by atoms with Crippen LogP contribution in [0.2, 0.25) is 0 Å². The largest absolute Gasteiger partial charge is 0.383 e. The Labute approximate surface area is 105 Å². The highest BCUT2D eigenvalue weighted by molar-refractivity contribution is 9.09. The normalized spacial score (nSPS) is 24.7. The summed E-state index contributed by atoms with van der Waals surface area (Å²) in [5, 5.41) is 0.781. The van der Waals surface area contributed by atoms with Gasteiger partial charge in [-0.2, -0.15) is 0 Å². The van der Waals surface area contributed by atoms with Crippen molar-refractivity contribution >= 4 is 21.8 Å². The Bertz CT molecular complexity index is 225. The molecule has 1 amide bonds. The van der Waals surface area contributed by atoms with Crippen LogP contribution in [-0.2, 0) is 14.3 Å². The van der Waals surface area contributed by atoms with E-state index in [-0.39, 0.29) is 12.0 Å². The molecule has 2 unspecified atom stereocenters. The number of ether oxygens (including phenoxy) is 2. The van der Waals surface area contributed by atoms with Gasteiger partial charge in [0, 0.05) is 32.1 Å². The highest BCUT2D eigenvalue weighted by Gasteiger charge is 2.33. The zero-order chi connectivity index (χ0) is 12.0. The van der Waals surface area contributed by atoms with Crippen molar-refractivity contribution in [3.05, 3.63) is 0 Å². The summed E-state index contributed by atoms with van der Waals surface area (Å²) in [5.41, 5.74) is 0. The Hall–Kier alpha value is -0.130. The van der Waals surface area contributed by atoms with Crippen LogP contribution in [0.25, 0.3) is 0 Å². The zero-order valence-corrected chi connectivity index (χ0v) is 11.5. The standard InChI is InChI=1S/C11H20BrNO3/c1-9-3-7-16-10(9)11(14)13(5-4-12)6-8-15-2/h9-10H,3-8H2,1-2H3. The predicted molar refractivity (Wildman–Crippen MR) is 65.8 cm³/mol. The van der Waals surface area contributed by atoms with Gasteiger partial charge in [-0.1, -0.05) is 22.9 Å². The summed E-state index contributed by atoms with van der Waals surface area (Å²) >= 11 is 3.36. The van der Waals surface area contributed by atoms with Crippen LogP contribution in [0.15, 0.2) is 0 Å². The molecule has 0 aliphatic carbocycles. The maximum atomic E-state index is 12.2. The molecule has 1 aliphatic heterocycles. The fraction of sp³-hybridized carbons (Fsp3) is 0.909. The smallest absolute Gasteiger partial charge is 0.252 e. The number of alkyl halides is 1. The molecule has 5 heteroatoms. The third-order valence-electron chi connectivity index (χ3n) is 2.86. The lowest BCUT2D eigenvalue weighted by atomic mass is 10.0. The number of hydrogen-bond donors (Lipinski definition) is 0. The van der Waals surface area contributed by atoms with E-state index < -0.39 is 0 Å². The lowest BCUT2D eigenvalue weighted by Gasteiger charge is -2.25. The van der Waals surface area contributed by atoms with Crippen LogP contribution < -0.4 is 0 Å². The molecular weight excluding hydrogens is 274 g/mol. The number of carbonyl (C=O) groups is 1. The van der Waals surface area contributed by atoms with Crippen molar-refractivity contribution in [1.82, 2.24) is 4.90 Å². The fourth-order valence-electron chi connectivity index (χ4n) is 1.83. The van der Waals surface area contributed by atoms with E-state index in [0.29, 0.717) is 32.2 Å². The Morgan fingerprint density at radius 3 is 2.81 bits per heavy atom. The van der Waals surface area contributed by atoms with Crippen molar-refractivity contribution in [2.24, 2.45) is 5.92 Å².